The van der Waals surface area contributed by atoms with Crippen LogP contribution in [0.25, 0.3) is 0 Å². The number of hydrogen-bond donors (Lipinski definition) is 1. The van der Waals surface area contributed by atoms with Crippen LogP contribution in [0.3, 0.4) is 0 Å². The van der Waals surface area contributed by atoms with Crippen LogP contribution in [0.2, 0.25) is 0 Å². The zero-order chi connectivity index (χ0) is 9.68. The molecule has 0 radical (unpaired) electrons. The smallest absolute Gasteiger partial charge is 0.132 e. The van der Waals surface area contributed by atoms with Crippen molar-refractivity contribution in [1.82, 2.24) is 0 Å². The molecule has 1 aromatic heterocycles. The summed E-state index contributed by atoms with van der Waals surface area (Å²) in [4.78, 5) is 0. The maximum absolute atomic E-state index is 9.63. The molecular formula is C11H18O2. The van der Waals surface area contributed by atoms with E-state index in [0.29, 0.717) is 11.7 Å². The van der Waals surface area contributed by atoms with Gasteiger partial charge in [-0.15, -0.1) is 0 Å². The molecule has 13 heavy (non-hydrogen) atoms. The highest BCUT2D eigenvalue weighted by molar-refractivity contribution is 5.01. The zero-order valence-electron chi connectivity index (χ0n) is 8.36. The SMILES string of the molecule is CC(C)CCCC(O)c1ccco1. The van der Waals surface area contributed by atoms with E-state index in [1.165, 1.54) is 0 Å². The molecule has 0 saturated carbocycles. The third kappa shape index (κ3) is 3.64. The van der Waals surface area contributed by atoms with Gasteiger partial charge < -0.3 is 9.52 Å². The molecule has 0 spiro atoms. The van der Waals surface area contributed by atoms with Gasteiger partial charge in [-0.05, 0) is 24.5 Å². The Labute approximate surface area is 79.6 Å². The first-order valence-corrected chi connectivity index (χ1v) is 4.91. The van der Waals surface area contributed by atoms with Crippen molar-refractivity contribution in [2.45, 2.75) is 39.2 Å². The predicted molar refractivity (Wildman–Crippen MR) is 52.4 cm³/mol. The van der Waals surface area contributed by atoms with Crippen molar-refractivity contribution in [2.24, 2.45) is 5.92 Å². The summed E-state index contributed by atoms with van der Waals surface area (Å²) in [6, 6.07) is 3.63. The minimum Gasteiger partial charge on any atom is -0.467 e. The number of aliphatic hydroxyl groups is 1. The molecule has 2 heteroatoms. The summed E-state index contributed by atoms with van der Waals surface area (Å²) in [6.07, 6.45) is 4.19. The molecule has 1 heterocycles. The second kappa shape index (κ2) is 5.07. The summed E-state index contributed by atoms with van der Waals surface area (Å²) in [6.45, 7) is 4.39. The van der Waals surface area contributed by atoms with Crippen LogP contribution in [0.1, 0.15) is 45.0 Å². The minimum atomic E-state index is -0.422. The van der Waals surface area contributed by atoms with Gasteiger partial charge in [0.1, 0.15) is 11.9 Å². The summed E-state index contributed by atoms with van der Waals surface area (Å²) in [5.74, 6) is 1.40. The van der Waals surface area contributed by atoms with E-state index in [1.54, 1.807) is 12.3 Å². The molecule has 1 rings (SSSR count). The lowest BCUT2D eigenvalue weighted by molar-refractivity contribution is 0.135. The van der Waals surface area contributed by atoms with Crippen LogP contribution >= 0.6 is 0 Å². The zero-order valence-corrected chi connectivity index (χ0v) is 8.36. The molecule has 1 atom stereocenters. The molecule has 1 aromatic rings. The van der Waals surface area contributed by atoms with Crippen molar-refractivity contribution in [3.63, 3.8) is 0 Å². The molecule has 0 aromatic carbocycles. The van der Waals surface area contributed by atoms with E-state index in [0.717, 1.165) is 19.3 Å². The summed E-state index contributed by atoms with van der Waals surface area (Å²) < 4.78 is 5.10. The number of aliphatic hydroxyl groups excluding tert-OH is 1. The Morgan fingerprint density at radius 3 is 2.69 bits per heavy atom. The Morgan fingerprint density at radius 1 is 1.38 bits per heavy atom. The van der Waals surface area contributed by atoms with E-state index in [2.05, 4.69) is 13.8 Å². The van der Waals surface area contributed by atoms with Crippen LogP contribution in [-0.4, -0.2) is 5.11 Å². The van der Waals surface area contributed by atoms with Gasteiger partial charge in [-0.1, -0.05) is 26.7 Å². The van der Waals surface area contributed by atoms with Crippen molar-refractivity contribution in [1.29, 1.82) is 0 Å². The van der Waals surface area contributed by atoms with Crippen molar-refractivity contribution in [2.75, 3.05) is 0 Å². The fraction of sp³-hybridized carbons (Fsp3) is 0.636. The first-order valence-electron chi connectivity index (χ1n) is 4.91. The summed E-state index contributed by atoms with van der Waals surface area (Å²) in [5.41, 5.74) is 0. The standard InChI is InChI=1S/C11H18O2/c1-9(2)5-3-6-10(12)11-7-4-8-13-11/h4,7-10,12H,3,5-6H2,1-2H3. The van der Waals surface area contributed by atoms with Crippen LogP contribution < -0.4 is 0 Å². The second-order valence-corrected chi connectivity index (χ2v) is 3.86. The van der Waals surface area contributed by atoms with Gasteiger partial charge in [0.2, 0.25) is 0 Å². The number of furan rings is 1. The third-order valence-electron chi connectivity index (χ3n) is 2.13. The van der Waals surface area contributed by atoms with Gasteiger partial charge in [-0.25, -0.2) is 0 Å². The first-order chi connectivity index (χ1) is 6.20. The molecule has 0 aliphatic carbocycles. The fourth-order valence-electron chi connectivity index (χ4n) is 1.34. The first kappa shape index (κ1) is 10.3. The maximum atomic E-state index is 9.63. The van der Waals surface area contributed by atoms with Gasteiger partial charge in [0.05, 0.1) is 6.26 Å². The summed E-state index contributed by atoms with van der Waals surface area (Å²) in [5, 5.41) is 9.63. The Kier molecular flexibility index (Phi) is 4.03. The summed E-state index contributed by atoms with van der Waals surface area (Å²) >= 11 is 0. The highest BCUT2D eigenvalue weighted by Gasteiger charge is 2.09. The molecule has 0 saturated heterocycles. The van der Waals surface area contributed by atoms with Gasteiger partial charge in [0.25, 0.3) is 0 Å². The molecule has 1 N–H and O–H groups in total. The van der Waals surface area contributed by atoms with E-state index in [9.17, 15) is 5.11 Å². The largest absolute Gasteiger partial charge is 0.467 e. The van der Waals surface area contributed by atoms with E-state index < -0.39 is 6.10 Å². The topological polar surface area (TPSA) is 33.4 Å². The van der Waals surface area contributed by atoms with Gasteiger partial charge in [-0.3, -0.25) is 0 Å². The lowest BCUT2D eigenvalue weighted by Gasteiger charge is -2.08. The van der Waals surface area contributed by atoms with Crippen LogP contribution in [0.5, 0.6) is 0 Å². The molecular weight excluding hydrogens is 164 g/mol. The lowest BCUT2D eigenvalue weighted by atomic mass is 10.0. The monoisotopic (exact) mass is 182 g/mol. The number of rotatable bonds is 5. The Balaban J connectivity index is 2.22. The minimum absolute atomic E-state index is 0.422. The van der Waals surface area contributed by atoms with Crippen molar-refractivity contribution >= 4 is 0 Å². The van der Waals surface area contributed by atoms with Crippen LogP contribution in [0.4, 0.5) is 0 Å². The van der Waals surface area contributed by atoms with Crippen LogP contribution in [0, 0.1) is 5.92 Å². The molecule has 0 bridgehead atoms. The predicted octanol–water partition coefficient (Wildman–Crippen LogP) is 3.14. The van der Waals surface area contributed by atoms with Crippen LogP contribution in [0.15, 0.2) is 22.8 Å². The van der Waals surface area contributed by atoms with Crippen molar-refractivity contribution < 1.29 is 9.52 Å². The lowest BCUT2D eigenvalue weighted by Crippen LogP contribution is -1.96. The highest BCUT2D eigenvalue weighted by atomic mass is 16.4. The third-order valence-corrected chi connectivity index (χ3v) is 2.13. The molecule has 74 valence electrons. The molecule has 0 aliphatic rings. The fourth-order valence-corrected chi connectivity index (χ4v) is 1.34. The maximum Gasteiger partial charge on any atom is 0.132 e. The molecule has 0 aliphatic heterocycles. The second-order valence-electron chi connectivity index (χ2n) is 3.86. The Bertz CT molecular complexity index is 214. The van der Waals surface area contributed by atoms with E-state index in [4.69, 9.17) is 4.42 Å². The van der Waals surface area contributed by atoms with Gasteiger partial charge >= 0.3 is 0 Å². The van der Waals surface area contributed by atoms with Gasteiger partial charge in [0, 0.05) is 0 Å². The van der Waals surface area contributed by atoms with Crippen molar-refractivity contribution in [3.05, 3.63) is 24.2 Å². The Morgan fingerprint density at radius 2 is 2.15 bits per heavy atom. The van der Waals surface area contributed by atoms with E-state index in [1.807, 2.05) is 6.07 Å². The molecule has 0 fully saturated rings. The van der Waals surface area contributed by atoms with E-state index in [-0.39, 0.29) is 0 Å². The molecule has 0 amide bonds. The van der Waals surface area contributed by atoms with Gasteiger partial charge in [-0.2, -0.15) is 0 Å². The van der Waals surface area contributed by atoms with Gasteiger partial charge in [0.15, 0.2) is 0 Å². The average Bonchev–Trinajstić information content (AvgIpc) is 2.55. The Hall–Kier alpha value is -0.760. The quantitative estimate of drug-likeness (QED) is 0.758. The average molecular weight is 182 g/mol. The van der Waals surface area contributed by atoms with Crippen LogP contribution in [-0.2, 0) is 0 Å². The normalized spacial score (nSPS) is 13.5. The molecule has 1 unspecified atom stereocenters. The summed E-state index contributed by atoms with van der Waals surface area (Å²) in [7, 11) is 0. The van der Waals surface area contributed by atoms with E-state index >= 15 is 0 Å². The molecule has 2 nitrogen and oxygen atoms in total. The highest BCUT2D eigenvalue weighted by Crippen LogP contribution is 2.20. The van der Waals surface area contributed by atoms with Crippen molar-refractivity contribution in [3.8, 4) is 0 Å². The number of hydrogen-bond acceptors (Lipinski definition) is 2.